The summed E-state index contributed by atoms with van der Waals surface area (Å²) in [4.78, 5) is 12.6. The molecular formula is C16H19F3N2O2. The maximum atomic E-state index is 12.8. The van der Waals surface area contributed by atoms with E-state index in [0.29, 0.717) is 17.0 Å². The molecule has 1 heterocycles. The number of benzene rings is 1. The number of amides is 1. The third kappa shape index (κ3) is 2.62. The highest BCUT2D eigenvalue weighted by Gasteiger charge is 2.49. The third-order valence-electron chi connectivity index (χ3n) is 4.97. The monoisotopic (exact) mass is 328 g/mol. The standard InChI is InChI=1S/C16H19F3N2O2/c1-23-13-7-11-10(6-12(13)20)8-21(14(22)16(17,18)19)9-15(11)4-2-3-5-15/h6-7H,2-5,8-9,20H2,1H3. The van der Waals surface area contributed by atoms with Crippen molar-refractivity contribution in [3.8, 4) is 5.75 Å². The van der Waals surface area contributed by atoms with Gasteiger partial charge in [0.2, 0.25) is 0 Å². The first-order valence-electron chi connectivity index (χ1n) is 7.60. The summed E-state index contributed by atoms with van der Waals surface area (Å²) >= 11 is 0. The maximum Gasteiger partial charge on any atom is 0.471 e. The summed E-state index contributed by atoms with van der Waals surface area (Å²) < 4.78 is 43.8. The van der Waals surface area contributed by atoms with E-state index in [2.05, 4.69) is 0 Å². The SMILES string of the molecule is COc1cc2c(cc1N)CN(C(=O)C(F)(F)F)CC21CCCC1. The molecule has 2 N–H and O–H groups in total. The molecule has 7 heteroatoms. The molecule has 0 radical (unpaired) electrons. The van der Waals surface area contributed by atoms with Gasteiger partial charge in [0.25, 0.3) is 0 Å². The number of rotatable bonds is 1. The fraction of sp³-hybridized carbons (Fsp3) is 0.562. The Morgan fingerprint density at radius 3 is 2.52 bits per heavy atom. The molecule has 1 aliphatic carbocycles. The fourth-order valence-corrected chi connectivity index (χ4v) is 3.96. The Balaban J connectivity index is 2.06. The Hall–Kier alpha value is -1.92. The van der Waals surface area contributed by atoms with E-state index in [1.807, 2.05) is 6.07 Å². The molecule has 0 aromatic heterocycles. The molecule has 4 nitrogen and oxygen atoms in total. The quantitative estimate of drug-likeness (QED) is 0.806. The number of nitrogens with two attached hydrogens (primary N) is 1. The Morgan fingerprint density at radius 1 is 1.30 bits per heavy atom. The van der Waals surface area contributed by atoms with Crippen molar-refractivity contribution in [2.45, 2.75) is 43.8 Å². The van der Waals surface area contributed by atoms with Crippen LogP contribution in [0.25, 0.3) is 0 Å². The second-order valence-electron chi connectivity index (χ2n) is 6.40. The maximum absolute atomic E-state index is 12.8. The minimum Gasteiger partial charge on any atom is -0.495 e. The Morgan fingerprint density at radius 2 is 1.96 bits per heavy atom. The first kappa shape index (κ1) is 16.0. The fourth-order valence-electron chi connectivity index (χ4n) is 3.96. The zero-order chi connectivity index (χ0) is 16.8. The van der Waals surface area contributed by atoms with Crippen molar-refractivity contribution in [3.63, 3.8) is 0 Å². The number of carbonyl (C=O) groups excluding carboxylic acids is 1. The molecule has 0 bridgehead atoms. The average molecular weight is 328 g/mol. The van der Waals surface area contributed by atoms with E-state index in [9.17, 15) is 18.0 Å². The molecule has 3 rings (SSSR count). The normalized spacial score (nSPS) is 19.7. The van der Waals surface area contributed by atoms with E-state index >= 15 is 0 Å². The van der Waals surface area contributed by atoms with Crippen molar-refractivity contribution in [2.24, 2.45) is 0 Å². The van der Waals surface area contributed by atoms with Gasteiger partial charge in [0, 0.05) is 18.5 Å². The zero-order valence-corrected chi connectivity index (χ0v) is 12.9. The highest BCUT2D eigenvalue weighted by Crippen LogP contribution is 2.48. The van der Waals surface area contributed by atoms with Gasteiger partial charge in [-0.3, -0.25) is 4.79 Å². The van der Waals surface area contributed by atoms with Gasteiger partial charge in [0.05, 0.1) is 12.8 Å². The number of halogens is 3. The smallest absolute Gasteiger partial charge is 0.471 e. The predicted molar refractivity (Wildman–Crippen MR) is 79.0 cm³/mol. The first-order chi connectivity index (χ1) is 10.8. The minimum absolute atomic E-state index is 0.0659. The Kier molecular flexibility index (Phi) is 3.69. The number of carbonyl (C=O) groups is 1. The van der Waals surface area contributed by atoms with Gasteiger partial charge in [-0.15, -0.1) is 0 Å². The highest BCUT2D eigenvalue weighted by molar-refractivity contribution is 5.82. The van der Waals surface area contributed by atoms with Gasteiger partial charge in [-0.1, -0.05) is 12.8 Å². The van der Waals surface area contributed by atoms with Crippen molar-refractivity contribution in [1.29, 1.82) is 0 Å². The van der Waals surface area contributed by atoms with E-state index in [1.165, 1.54) is 7.11 Å². The van der Waals surface area contributed by atoms with Gasteiger partial charge in [0.1, 0.15) is 5.75 Å². The lowest BCUT2D eigenvalue weighted by molar-refractivity contribution is -0.187. The molecule has 23 heavy (non-hydrogen) atoms. The Labute approximate surface area is 132 Å². The number of alkyl halides is 3. The van der Waals surface area contributed by atoms with E-state index < -0.39 is 17.5 Å². The van der Waals surface area contributed by atoms with Crippen LogP contribution in [-0.4, -0.2) is 30.6 Å². The summed E-state index contributed by atoms with van der Waals surface area (Å²) in [6.07, 6.45) is -1.42. The lowest BCUT2D eigenvalue weighted by Gasteiger charge is -2.42. The number of anilines is 1. The molecule has 1 aliphatic heterocycles. The summed E-state index contributed by atoms with van der Waals surface area (Å²) in [7, 11) is 1.52. The second-order valence-corrected chi connectivity index (χ2v) is 6.40. The molecule has 1 fully saturated rings. The van der Waals surface area contributed by atoms with Gasteiger partial charge in [-0.2, -0.15) is 13.2 Å². The van der Waals surface area contributed by atoms with Crippen LogP contribution in [0, 0.1) is 0 Å². The molecule has 1 aromatic carbocycles. The summed E-state index contributed by atoms with van der Waals surface area (Å²) in [6.45, 7) is 0.0367. The number of hydrogen-bond donors (Lipinski definition) is 1. The van der Waals surface area contributed by atoms with Gasteiger partial charge in [-0.05, 0) is 36.1 Å². The average Bonchev–Trinajstić information content (AvgIpc) is 2.93. The van der Waals surface area contributed by atoms with Crippen molar-refractivity contribution in [1.82, 2.24) is 4.90 Å². The van der Waals surface area contributed by atoms with Gasteiger partial charge in [0.15, 0.2) is 0 Å². The van der Waals surface area contributed by atoms with E-state index in [-0.39, 0.29) is 13.1 Å². The lowest BCUT2D eigenvalue weighted by atomic mass is 9.73. The van der Waals surface area contributed by atoms with E-state index in [0.717, 1.165) is 36.1 Å². The largest absolute Gasteiger partial charge is 0.495 e. The zero-order valence-electron chi connectivity index (χ0n) is 12.9. The number of hydrogen-bond acceptors (Lipinski definition) is 3. The van der Waals surface area contributed by atoms with Crippen LogP contribution in [0.3, 0.4) is 0 Å². The predicted octanol–water partition coefficient (Wildman–Crippen LogP) is 2.99. The number of nitrogens with zero attached hydrogens (tertiary/aromatic N) is 1. The lowest BCUT2D eigenvalue weighted by Crippen LogP contribution is -2.50. The topological polar surface area (TPSA) is 55.6 Å². The molecule has 1 amide bonds. The Bertz CT molecular complexity index is 637. The van der Waals surface area contributed by atoms with Crippen LogP contribution >= 0.6 is 0 Å². The molecular weight excluding hydrogens is 309 g/mol. The summed E-state index contributed by atoms with van der Waals surface area (Å²) in [6, 6.07) is 3.48. The van der Waals surface area contributed by atoms with Gasteiger partial charge < -0.3 is 15.4 Å². The number of ether oxygens (including phenoxy) is 1. The van der Waals surface area contributed by atoms with E-state index in [1.54, 1.807) is 6.07 Å². The molecule has 2 aliphatic rings. The van der Waals surface area contributed by atoms with Crippen molar-refractivity contribution >= 4 is 11.6 Å². The number of nitrogen functional groups attached to an aromatic ring is 1. The van der Waals surface area contributed by atoms with Crippen molar-refractivity contribution in [3.05, 3.63) is 23.3 Å². The van der Waals surface area contributed by atoms with Crippen LogP contribution in [-0.2, 0) is 16.8 Å². The molecule has 0 atom stereocenters. The number of methoxy groups -OCH3 is 1. The van der Waals surface area contributed by atoms with E-state index in [4.69, 9.17) is 10.5 Å². The summed E-state index contributed by atoms with van der Waals surface area (Å²) in [5.74, 6) is -1.24. The number of fused-ring (bicyclic) bond motifs is 2. The van der Waals surface area contributed by atoms with Crippen LogP contribution in [0.4, 0.5) is 18.9 Å². The first-order valence-corrected chi connectivity index (χ1v) is 7.60. The van der Waals surface area contributed by atoms with Crippen molar-refractivity contribution < 1.29 is 22.7 Å². The molecule has 0 saturated heterocycles. The van der Waals surface area contributed by atoms with Crippen LogP contribution in [0.2, 0.25) is 0 Å². The van der Waals surface area contributed by atoms with Crippen LogP contribution in [0.15, 0.2) is 12.1 Å². The van der Waals surface area contributed by atoms with Gasteiger partial charge >= 0.3 is 12.1 Å². The van der Waals surface area contributed by atoms with Crippen LogP contribution in [0.1, 0.15) is 36.8 Å². The second kappa shape index (κ2) is 5.32. The third-order valence-corrected chi connectivity index (χ3v) is 4.97. The van der Waals surface area contributed by atoms with Crippen molar-refractivity contribution in [2.75, 3.05) is 19.4 Å². The van der Waals surface area contributed by atoms with Crippen LogP contribution in [0.5, 0.6) is 5.75 Å². The molecule has 0 unspecified atom stereocenters. The van der Waals surface area contributed by atoms with Gasteiger partial charge in [-0.25, -0.2) is 0 Å². The molecule has 1 spiro atoms. The van der Waals surface area contributed by atoms with Crippen LogP contribution < -0.4 is 10.5 Å². The summed E-state index contributed by atoms with van der Waals surface area (Å²) in [5, 5.41) is 0. The molecule has 126 valence electrons. The highest BCUT2D eigenvalue weighted by atomic mass is 19.4. The minimum atomic E-state index is -4.85. The molecule has 1 saturated carbocycles. The molecule has 1 aromatic rings. The summed E-state index contributed by atoms with van der Waals surface area (Å²) in [5.41, 5.74) is 7.52.